The minimum absolute atomic E-state index is 0.454. The summed E-state index contributed by atoms with van der Waals surface area (Å²) >= 11 is 1.21. The van der Waals surface area contributed by atoms with E-state index in [1.54, 1.807) is 18.3 Å². The SMILES string of the molecule is FC(F)c1nc(Sc2ncc(-c3ccccc3)[nH]2)c2ccccc2n1. The number of hydrogen-bond acceptors (Lipinski definition) is 4. The normalized spacial score (nSPS) is 11.3. The monoisotopic (exact) mass is 354 g/mol. The lowest BCUT2D eigenvalue weighted by Gasteiger charge is -2.06. The molecule has 0 aliphatic heterocycles. The summed E-state index contributed by atoms with van der Waals surface area (Å²) in [5.74, 6) is -0.476. The van der Waals surface area contributed by atoms with Crippen molar-refractivity contribution in [3.63, 3.8) is 0 Å². The molecule has 25 heavy (non-hydrogen) atoms. The molecule has 4 nitrogen and oxygen atoms in total. The van der Waals surface area contributed by atoms with Crippen molar-refractivity contribution in [2.75, 3.05) is 0 Å². The molecule has 0 atom stereocenters. The van der Waals surface area contributed by atoms with Crippen LogP contribution in [0.25, 0.3) is 22.2 Å². The molecule has 0 saturated heterocycles. The Kier molecular flexibility index (Phi) is 4.15. The Labute approximate surface area is 146 Å². The van der Waals surface area contributed by atoms with Crippen molar-refractivity contribution < 1.29 is 8.78 Å². The molecule has 0 fully saturated rings. The van der Waals surface area contributed by atoms with Gasteiger partial charge in [-0.3, -0.25) is 0 Å². The molecule has 124 valence electrons. The van der Waals surface area contributed by atoms with E-state index in [1.165, 1.54) is 11.8 Å². The number of alkyl halides is 2. The first-order valence-electron chi connectivity index (χ1n) is 7.54. The smallest absolute Gasteiger partial charge is 0.297 e. The van der Waals surface area contributed by atoms with Crippen LogP contribution < -0.4 is 0 Å². The number of nitrogens with zero attached hydrogens (tertiary/aromatic N) is 3. The number of aromatic nitrogens is 4. The zero-order chi connectivity index (χ0) is 17.2. The minimum Gasteiger partial charge on any atom is -0.333 e. The standard InChI is InChI=1S/C18H12F2N4S/c19-15(20)16-22-13-9-5-4-8-12(13)17(24-16)25-18-21-10-14(23-18)11-6-2-1-3-7-11/h1-10,15H,(H,21,23). The maximum atomic E-state index is 13.1. The first kappa shape index (κ1) is 15.7. The molecule has 2 aromatic heterocycles. The van der Waals surface area contributed by atoms with E-state index in [4.69, 9.17) is 0 Å². The summed E-state index contributed by atoms with van der Waals surface area (Å²) < 4.78 is 26.2. The van der Waals surface area contributed by atoms with Crippen molar-refractivity contribution in [1.82, 2.24) is 19.9 Å². The van der Waals surface area contributed by atoms with E-state index in [0.29, 0.717) is 15.7 Å². The number of halogens is 2. The van der Waals surface area contributed by atoms with Crippen molar-refractivity contribution in [2.24, 2.45) is 0 Å². The first-order chi connectivity index (χ1) is 12.2. The van der Waals surface area contributed by atoms with Crippen LogP contribution in [0.4, 0.5) is 8.78 Å². The summed E-state index contributed by atoms with van der Waals surface area (Å²) in [7, 11) is 0. The van der Waals surface area contributed by atoms with Gasteiger partial charge >= 0.3 is 0 Å². The van der Waals surface area contributed by atoms with Crippen molar-refractivity contribution in [2.45, 2.75) is 16.6 Å². The number of fused-ring (bicyclic) bond motifs is 1. The summed E-state index contributed by atoms with van der Waals surface area (Å²) in [5, 5.41) is 1.76. The predicted molar refractivity (Wildman–Crippen MR) is 92.6 cm³/mol. The van der Waals surface area contributed by atoms with Gasteiger partial charge in [0.1, 0.15) is 5.03 Å². The third kappa shape index (κ3) is 3.23. The molecule has 0 unspecified atom stereocenters. The van der Waals surface area contributed by atoms with Crippen LogP contribution >= 0.6 is 11.8 Å². The van der Waals surface area contributed by atoms with Crippen LogP contribution in [0.2, 0.25) is 0 Å². The summed E-state index contributed by atoms with van der Waals surface area (Å²) in [5.41, 5.74) is 2.35. The fourth-order valence-electron chi connectivity index (χ4n) is 2.45. The Morgan fingerprint density at radius 3 is 2.48 bits per heavy atom. The Hall–Kier alpha value is -2.80. The average Bonchev–Trinajstić information content (AvgIpc) is 3.11. The molecule has 0 aliphatic carbocycles. The van der Waals surface area contributed by atoms with Crippen LogP contribution in [-0.2, 0) is 0 Å². The van der Waals surface area contributed by atoms with Crippen LogP contribution in [0.3, 0.4) is 0 Å². The van der Waals surface area contributed by atoms with Gasteiger partial charge < -0.3 is 4.98 Å². The molecule has 1 N–H and O–H groups in total. The van der Waals surface area contributed by atoms with E-state index in [9.17, 15) is 8.78 Å². The second-order valence-electron chi connectivity index (χ2n) is 5.27. The molecular formula is C18H12F2N4S. The molecular weight excluding hydrogens is 342 g/mol. The van der Waals surface area contributed by atoms with E-state index in [1.807, 2.05) is 42.5 Å². The van der Waals surface area contributed by atoms with E-state index in [2.05, 4.69) is 19.9 Å². The van der Waals surface area contributed by atoms with Crippen LogP contribution in [0.5, 0.6) is 0 Å². The van der Waals surface area contributed by atoms with Crippen molar-refractivity contribution in [1.29, 1.82) is 0 Å². The number of H-pyrrole nitrogens is 1. The molecule has 0 saturated carbocycles. The van der Waals surface area contributed by atoms with Crippen LogP contribution in [0.1, 0.15) is 12.2 Å². The van der Waals surface area contributed by atoms with Gasteiger partial charge in [-0.05, 0) is 23.4 Å². The predicted octanol–water partition coefficient (Wildman–Crippen LogP) is 5.11. The Balaban J connectivity index is 1.72. The third-order valence-corrected chi connectivity index (χ3v) is 4.52. The molecule has 2 heterocycles. The molecule has 0 spiro atoms. The summed E-state index contributed by atoms with van der Waals surface area (Å²) in [6.07, 6.45) is -1.00. The van der Waals surface area contributed by atoms with E-state index < -0.39 is 12.2 Å². The van der Waals surface area contributed by atoms with E-state index >= 15 is 0 Å². The first-order valence-corrected chi connectivity index (χ1v) is 8.35. The van der Waals surface area contributed by atoms with E-state index in [-0.39, 0.29) is 0 Å². The summed E-state index contributed by atoms with van der Waals surface area (Å²) in [4.78, 5) is 15.5. The lowest BCUT2D eigenvalue weighted by Crippen LogP contribution is -1.98. The molecule has 7 heteroatoms. The second kappa shape index (κ2) is 6.60. The van der Waals surface area contributed by atoms with Crippen LogP contribution in [-0.4, -0.2) is 19.9 Å². The van der Waals surface area contributed by atoms with Gasteiger partial charge in [0.2, 0.25) is 0 Å². The average molecular weight is 354 g/mol. The van der Waals surface area contributed by atoms with Gasteiger partial charge in [-0.15, -0.1) is 0 Å². The maximum Gasteiger partial charge on any atom is 0.297 e. The number of imidazole rings is 1. The van der Waals surface area contributed by atoms with Crippen LogP contribution in [0, 0.1) is 0 Å². The number of para-hydroxylation sites is 1. The molecule has 0 bridgehead atoms. The van der Waals surface area contributed by atoms with Gasteiger partial charge in [-0.25, -0.2) is 23.7 Å². The molecule has 2 aromatic carbocycles. The van der Waals surface area contributed by atoms with E-state index in [0.717, 1.165) is 16.6 Å². The molecule has 4 rings (SSSR count). The lowest BCUT2D eigenvalue weighted by atomic mass is 10.2. The maximum absolute atomic E-state index is 13.1. The summed E-state index contributed by atoms with van der Waals surface area (Å²) in [6, 6.07) is 16.9. The number of rotatable bonds is 4. The lowest BCUT2D eigenvalue weighted by molar-refractivity contribution is 0.140. The van der Waals surface area contributed by atoms with Crippen LogP contribution in [0.15, 0.2) is 71.0 Å². The second-order valence-corrected chi connectivity index (χ2v) is 6.25. The van der Waals surface area contributed by atoms with Gasteiger partial charge in [0, 0.05) is 5.39 Å². The topological polar surface area (TPSA) is 54.5 Å². The zero-order valence-corrected chi connectivity index (χ0v) is 13.7. The number of benzene rings is 2. The van der Waals surface area contributed by atoms with Gasteiger partial charge in [0.05, 0.1) is 17.4 Å². The number of aromatic amines is 1. The van der Waals surface area contributed by atoms with Gasteiger partial charge in [-0.2, -0.15) is 0 Å². The Morgan fingerprint density at radius 1 is 0.920 bits per heavy atom. The minimum atomic E-state index is -2.72. The quantitative estimate of drug-likeness (QED) is 0.518. The molecule has 0 radical (unpaired) electrons. The van der Waals surface area contributed by atoms with Gasteiger partial charge in [-0.1, -0.05) is 48.5 Å². The fourth-order valence-corrected chi connectivity index (χ4v) is 3.32. The Morgan fingerprint density at radius 2 is 1.68 bits per heavy atom. The van der Waals surface area contributed by atoms with Crippen molar-refractivity contribution >= 4 is 22.7 Å². The fraction of sp³-hybridized carbons (Fsp3) is 0.0556. The molecule has 4 aromatic rings. The Bertz CT molecular complexity index is 1020. The highest BCUT2D eigenvalue weighted by Gasteiger charge is 2.16. The highest BCUT2D eigenvalue weighted by atomic mass is 32.2. The van der Waals surface area contributed by atoms with Gasteiger partial charge in [0.15, 0.2) is 11.0 Å². The largest absolute Gasteiger partial charge is 0.333 e. The zero-order valence-electron chi connectivity index (χ0n) is 12.9. The van der Waals surface area contributed by atoms with Crippen molar-refractivity contribution in [3.05, 3.63) is 66.6 Å². The molecule has 0 amide bonds. The summed E-state index contributed by atoms with van der Waals surface area (Å²) in [6.45, 7) is 0. The van der Waals surface area contributed by atoms with Gasteiger partial charge in [0.25, 0.3) is 6.43 Å². The number of nitrogens with one attached hydrogen (secondary N) is 1. The number of hydrogen-bond donors (Lipinski definition) is 1. The molecule has 0 aliphatic rings. The third-order valence-electron chi connectivity index (χ3n) is 3.61. The highest BCUT2D eigenvalue weighted by Crippen LogP contribution is 2.32. The van der Waals surface area contributed by atoms with Crippen molar-refractivity contribution in [3.8, 4) is 11.3 Å². The highest BCUT2D eigenvalue weighted by molar-refractivity contribution is 7.99.